The predicted molar refractivity (Wildman–Crippen MR) is 100 cm³/mol. The minimum absolute atomic E-state index is 0.0332. The van der Waals surface area contributed by atoms with E-state index in [9.17, 15) is 13.2 Å². The van der Waals surface area contributed by atoms with Crippen molar-refractivity contribution in [2.45, 2.75) is 56.9 Å². The molecule has 0 fully saturated rings. The van der Waals surface area contributed by atoms with Gasteiger partial charge < -0.3 is 4.74 Å². The molecule has 0 aliphatic carbocycles. The van der Waals surface area contributed by atoms with Crippen LogP contribution in [0.5, 0.6) is 0 Å². The van der Waals surface area contributed by atoms with Gasteiger partial charge in [-0.25, -0.2) is 0 Å². The quantitative estimate of drug-likeness (QED) is 0.578. The SMILES string of the molecule is CCCCC12C=C(c3ccc(C(F)(F)F)cc3)CC(O1)c1ccccc1C2. The van der Waals surface area contributed by atoms with E-state index >= 15 is 0 Å². The summed E-state index contributed by atoms with van der Waals surface area (Å²) in [4.78, 5) is 0. The van der Waals surface area contributed by atoms with E-state index in [-0.39, 0.29) is 11.7 Å². The van der Waals surface area contributed by atoms with Gasteiger partial charge in [0.25, 0.3) is 0 Å². The first kappa shape index (κ1) is 18.3. The van der Waals surface area contributed by atoms with E-state index in [1.165, 1.54) is 23.3 Å². The molecule has 0 spiro atoms. The van der Waals surface area contributed by atoms with E-state index < -0.39 is 11.7 Å². The van der Waals surface area contributed by atoms with Gasteiger partial charge in [0.2, 0.25) is 0 Å². The number of ether oxygens (including phenoxy) is 1. The van der Waals surface area contributed by atoms with Crippen LogP contribution in [0.25, 0.3) is 5.57 Å². The van der Waals surface area contributed by atoms with Crippen LogP contribution < -0.4 is 0 Å². The molecule has 2 unspecified atom stereocenters. The Morgan fingerprint density at radius 2 is 1.81 bits per heavy atom. The van der Waals surface area contributed by atoms with Crippen LogP contribution in [0.3, 0.4) is 0 Å². The smallest absolute Gasteiger partial charge is 0.362 e. The summed E-state index contributed by atoms with van der Waals surface area (Å²) in [5, 5.41) is 0. The summed E-state index contributed by atoms with van der Waals surface area (Å²) < 4.78 is 45.2. The van der Waals surface area contributed by atoms with Crippen molar-refractivity contribution in [3.05, 3.63) is 76.9 Å². The van der Waals surface area contributed by atoms with Crippen LogP contribution in [0.4, 0.5) is 13.2 Å². The average Bonchev–Trinajstić information content (AvgIpc) is 2.66. The summed E-state index contributed by atoms with van der Waals surface area (Å²) >= 11 is 0. The van der Waals surface area contributed by atoms with Crippen molar-refractivity contribution < 1.29 is 17.9 Å². The maximum absolute atomic E-state index is 12.9. The largest absolute Gasteiger partial charge is 0.416 e. The highest BCUT2D eigenvalue weighted by Crippen LogP contribution is 2.48. The highest BCUT2D eigenvalue weighted by atomic mass is 19.4. The molecule has 142 valence electrons. The lowest BCUT2D eigenvalue weighted by molar-refractivity contribution is -0.137. The van der Waals surface area contributed by atoms with Gasteiger partial charge in [0.1, 0.15) is 0 Å². The number of benzene rings is 2. The van der Waals surface area contributed by atoms with E-state index in [1.807, 2.05) is 6.07 Å². The normalized spacial score (nSPS) is 24.3. The Labute approximate surface area is 157 Å². The highest BCUT2D eigenvalue weighted by molar-refractivity contribution is 5.69. The zero-order valence-electron chi connectivity index (χ0n) is 15.4. The molecular weight excluding hydrogens is 349 g/mol. The fraction of sp³-hybridized carbons (Fsp3) is 0.391. The minimum Gasteiger partial charge on any atom is -0.362 e. The number of halogens is 3. The summed E-state index contributed by atoms with van der Waals surface area (Å²) in [6.45, 7) is 2.16. The van der Waals surface area contributed by atoms with E-state index in [2.05, 4.69) is 31.2 Å². The lowest BCUT2D eigenvalue weighted by atomic mass is 9.76. The Morgan fingerprint density at radius 1 is 1.07 bits per heavy atom. The first-order valence-corrected chi connectivity index (χ1v) is 9.55. The fourth-order valence-electron chi connectivity index (χ4n) is 4.30. The van der Waals surface area contributed by atoms with E-state index in [0.29, 0.717) is 6.42 Å². The van der Waals surface area contributed by atoms with Crippen LogP contribution in [0.15, 0.2) is 54.6 Å². The van der Waals surface area contributed by atoms with Gasteiger partial charge in [-0.15, -0.1) is 0 Å². The number of rotatable bonds is 4. The van der Waals surface area contributed by atoms with Gasteiger partial charge in [-0.2, -0.15) is 13.2 Å². The van der Waals surface area contributed by atoms with Crippen molar-refractivity contribution >= 4 is 5.57 Å². The zero-order chi connectivity index (χ0) is 19.1. The highest BCUT2D eigenvalue weighted by Gasteiger charge is 2.42. The summed E-state index contributed by atoms with van der Waals surface area (Å²) in [6.07, 6.45) is 2.43. The van der Waals surface area contributed by atoms with Crippen molar-refractivity contribution in [2.75, 3.05) is 0 Å². The Kier molecular flexibility index (Phi) is 4.63. The van der Waals surface area contributed by atoms with Crippen LogP contribution >= 0.6 is 0 Å². The minimum atomic E-state index is -4.31. The zero-order valence-corrected chi connectivity index (χ0v) is 15.4. The van der Waals surface area contributed by atoms with Crippen molar-refractivity contribution in [1.82, 2.24) is 0 Å². The maximum Gasteiger partial charge on any atom is 0.416 e. The third-order valence-corrected chi connectivity index (χ3v) is 5.65. The molecule has 27 heavy (non-hydrogen) atoms. The van der Waals surface area contributed by atoms with Gasteiger partial charge >= 0.3 is 6.18 Å². The second-order valence-corrected chi connectivity index (χ2v) is 7.60. The van der Waals surface area contributed by atoms with E-state index in [0.717, 1.165) is 36.8 Å². The molecule has 0 N–H and O–H groups in total. The molecule has 0 radical (unpaired) electrons. The Hall–Kier alpha value is -2.07. The molecule has 0 saturated carbocycles. The summed E-state index contributed by atoms with van der Waals surface area (Å²) in [7, 11) is 0. The summed E-state index contributed by atoms with van der Waals surface area (Å²) in [5.74, 6) is 0. The standard InChI is InChI=1S/C23H23F3O/c1-2-3-12-22-14-17-6-4-5-7-20(17)21(27-22)13-18(15-22)16-8-10-19(11-9-16)23(24,25)26/h4-11,15,21H,2-3,12-14H2,1H3. The molecule has 0 amide bonds. The van der Waals surface area contributed by atoms with Gasteiger partial charge in [0.15, 0.2) is 0 Å². The number of hydrogen-bond donors (Lipinski definition) is 0. The molecule has 2 atom stereocenters. The van der Waals surface area contributed by atoms with Crippen LogP contribution in [0, 0.1) is 0 Å². The lowest BCUT2D eigenvalue weighted by Crippen LogP contribution is -2.41. The molecule has 4 heteroatoms. The topological polar surface area (TPSA) is 9.23 Å². The fourth-order valence-corrected chi connectivity index (χ4v) is 4.30. The van der Waals surface area contributed by atoms with Gasteiger partial charge in [-0.3, -0.25) is 0 Å². The van der Waals surface area contributed by atoms with E-state index in [4.69, 9.17) is 4.74 Å². The summed E-state index contributed by atoms with van der Waals surface area (Å²) in [6, 6.07) is 13.9. The Balaban J connectivity index is 1.71. The molecule has 2 aromatic carbocycles. The van der Waals surface area contributed by atoms with Gasteiger partial charge in [-0.05, 0) is 46.9 Å². The van der Waals surface area contributed by atoms with Crippen molar-refractivity contribution in [3.63, 3.8) is 0 Å². The maximum atomic E-state index is 12.9. The van der Waals surface area contributed by atoms with Gasteiger partial charge in [-0.1, -0.05) is 56.2 Å². The first-order valence-electron chi connectivity index (χ1n) is 9.55. The second-order valence-electron chi connectivity index (χ2n) is 7.60. The van der Waals surface area contributed by atoms with Crippen LogP contribution in [-0.4, -0.2) is 5.60 Å². The number of fused-ring (bicyclic) bond motifs is 4. The van der Waals surface area contributed by atoms with Crippen molar-refractivity contribution in [1.29, 1.82) is 0 Å². The first-order chi connectivity index (χ1) is 12.9. The molecule has 0 aromatic heterocycles. The third kappa shape index (κ3) is 3.55. The monoisotopic (exact) mass is 372 g/mol. The van der Waals surface area contributed by atoms with Crippen molar-refractivity contribution in [2.24, 2.45) is 0 Å². The average molecular weight is 372 g/mol. The molecule has 0 saturated heterocycles. The van der Waals surface area contributed by atoms with Gasteiger partial charge in [0.05, 0.1) is 17.3 Å². The summed E-state index contributed by atoms with van der Waals surface area (Å²) in [5.41, 5.74) is 3.52. The van der Waals surface area contributed by atoms with Crippen LogP contribution in [0.1, 0.15) is 61.0 Å². The molecule has 2 heterocycles. The Morgan fingerprint density at radius 3 is 2.52 bits per heavy atom. The molecule has 4 rings (SSSR count). The van der Waals surface area contributed by atoms with E-state index in [1.54, 1.807) is 12.1 Å². The van der Waals surface area contributed by atoms with Gasteiger partial charge in [0, 0.05) is 12.8 Å². The molecule has 2 aromatic rings. The predicted octanol–water partition coefficient (Wildman–Crippen LogP) is 6.74. The molecule has 2 aliphatic heterocycles. The number of alkyl halides is 3. The van der Waals surface area contributed by atoms with Crippen LogP contribution in [-0.2, 0) is 17.3 Å². The lowest BCUT2D eigenvalue weighted by Gasteiger charge is -2.45. The molecule has 1 nitrogen and oxygen atoms in total. The number of hydrogen-bond acceptors (Lipinski definition) is 1. The third-order valence-electron chi connectivity index (χ3n) is 5.65. The second kappa shape index (κ2) is 6.83. The van der Waals surface area contributed by atoms with Crippen LogP contribution in [0.2, 0.25) is 0 Å². The molecule has 2 aliphatic rings. The Bertz CT molecular complexity index is 851. The number of unbranched alkanes of at least 4 members (excludes halogenated alkanes) is 1. The molecular formula is C23H23F3O. The molecule has 2 bridgehead atoms. The van der Waals surface area contributed by atoms with Crippen molar-refractivity contribution in [3.8, 4) is 0 Å².